The van der Waals surface area contributed by atoms with Gasteiger partial charge >= 0.3 is 5.72 Å². The lowest BCUT2D eigenvalue weighted by Gasteiger charge is -2.17. The van der Waals surface area contributed by atoms with Crippen LogP contribution < -0.4 is 0 Å². The lowest BCUT2D eigenvalue weighted by Crippen LogP contribution is -2.51. The molecule has 1 fully saturated rings. The van der Waals surface area contributed by atoms with Crippen molar-refractivity contribution in [1.82, 2.24) is 0 Å². The standard InChI is InChI=1S/C7H7NO8/c9-1-2(10)4(12)6(14)7(15,8-16)5(13)3(1)11/h1-3,9-11,15H/t1-,2?,3+,7+/m1/s1. The Labute approximate surface area is 87.3 Å². The molecule has 0 radical (unpaired) electrons. The third kappa shape index (κ3) is 1.46. The SMILES string of the molecule is O=N[C@@]1(O)C(=O)C(=O)C(O)[C@@H](O)[C@H](O)C1=O. The van der Waals surface area contributed by atoms with Crippen molar-refractivity contribution >= 4 is 17.3 Å². The van der Waals surface area contributed by atoms with Crippen LogP contribution in [0.4, 0.5) is 0 Å². The van der Waals surface area contributed by atoms with Gasteiger partial charge < -0.3 is 20.4 Å². The number of aliphatic hydroxyl groups is 4. The molecule has 9 heteroatoms. The van der Waals surface area contributed by atoms with E-state index in [4.69, 9.17) is 15.3 Å². The van der Waals surface area contributed by atoms with E-state index in [1.54, 1.807) is 5.18 Å². The fourth-order valence-corrected chi connectivity index (χ4v) is 1.19. The number of hydrogen-bond acceptors (Lipinski definition) is 9. The lowest BCUT2D eigenvalue weighted by atomic mass is 10.0. The summed E-state index contributed by atoms with van der Waals surface area (Å²) in [7, 11) is 0. The van der Waals surface area contributed by atoms with Gasteiger partial charge in [-0.3, -0.25) is 14.4 Å². The Bertz CT molecular complexity index is 379. The molecule has 0 aromatic carbocycles. The van der Waals surface area contributed by atoms with Crippen LogP contribution in [0, 0.1) is 4.91 Å². The third-order valence-electron chi connectivity index (χ3n) is 2.20. The van der Waals surface area contributed by atoms with E-state index in [2.05, 4.69) is 0 Å². The molecule has 1 rings (SSSR count). The van der Waals surface area contributed by atoms with Crippen molar-refractivity contribution in [2.75, 3.05) is 0 Å². The maximum absolute atomic E-state index is 11.2. The first-order valence-corrected chi connectivity index (χ1v) is 4.01. The summed E-state index contributed by atoms with van der Waals surface area (Å²) in [5.74, 6) is -5.62. The van der Waals surface area contributed by atoms with Crippen LogP contribution in [-0.2, 0) is 14.4 Å². The molecule has 0 saturated heterocycles. The number of carbonyl (C=O) groups is 3. The second kappa shape index (κ2) is 3.79. The van der Waals surface area contributed by atoms with Crippen LogP contribution in [0.25, 0.3) is 0 Å². The van der Waals surface area contributed by atoms with Gasteiger partial charge in [-0.15, -0.1) is 4.91 Å². The molecule has 0 heterocycles. The van der Waals surface area contributed by atoms with Crippen molar-refractivity contribution in [3.05, 3.63) is 4.91 Å². The summed E-state index contributed by atoms with van der Waals surface area (Å²) in [6.45, 7) is 0. The molecule has 0 spiro atoms. The van der Waals surface area contributed by atoms with Gasteiger partial charge in [-0.25, -0.2) is 0 Å². The lowest BCUT2D eigenvalue weighted by molar-refractivity contribution is -0.158. The molecule has 16 heavy (non-hydrogen) atoms. The Hall–Kier alpha value is -1.55. The van der Waals surface area contributed by atoms with Crippen LogP contribution in [0.2, 0.25) is 0 Å². The van der Waals surface area contributed by atoms with Crippen molar-refractivity contribution in [3.63, 3.8) is 0 Å². The number of hydrogen-bond donors (Lipinski definition) is 4. The first kappa shape index (κ1) is 12.5. The number of nitroso groups, excluding NO2 is 1. The number of Topliss-reactive ketones (excluding diaryl/α,β-unsaturated/α-hetero) is 3. The van der Waals surface area contributed by atoms with Gasteiger partial charge in [0, 0.05) is 0 Å². The predicted octanol–water partition coefficient (Wildman–Crippen LogP) is -3.76. The van der Waals surface area contributed by atoms with Crippen LogP contribution in [0.15, 0.2) is 5.18 Å². The van der Waals surface area contributed by atoms with Crippen LogP contribution in [0.3, 0.4) is 0 Å². The monoisotopic (exact) mass is 233 g/mol. The summed E-state index contributed by atoms with van der Waals surface area (Å²) in [5.41, 5.74) is -3.60. The molecule has 0 amide bonds. The van der Waals surface area contributed by atoms with E-state index < -0.39 is 41.4 Å². The summed E-state index contributed by atoms with van der Waals surface area (Å²) < 4.78 is 0. The van der Waals surface area contributed by atoms with E-state index in [9.17, 15) is 24.4 Å². The van der Waals surface area contributed by atoms with Crippen LogP contribution in [0.5, 0.6) is 0 Å². The second-order valence-corrected chi connectivity index (χ2v) is 3.20. The van der Waals surface area contributed by atoms with E-state index in [1.807, 2.05) is 0 Å². The molecule has 0 aromatic heterocycles. The smallest absolute Gasteiger partial charge is 0.326 e. The topological polar surface area (TPSA) is 162 Å². The first-order chi connectivity index (χ1) is 7.27. The summed E-state index contributed by atoms with van der Waals surface area (Å²) in [5, 5.41) is 38.1. The number of nitrogens with zero attached hydrogens (tertiary/aromatic N) is 1. The first-order valence-electron chi connectivity index (χ1n) is 4.01. The van der Waals surface area contributed by atoms with E-state index in [0.717, 1.165) is 0 Å². The van der Waals surface area contributed by atoms with Gasteiger partial charge in [0.25, 0.3) is 5.78 Å². The Balaban J connectivity index is 3.36. The minimum Gasteiger partial charge on any atom is -0.387 e. The van der Waals surface area contributed by atoms with Gasteiger partial charge in [-0.05, 0) is 5.18 Å². The van der Waals surface area contributed by atoms with Crippen LogP contribution in [0.1, 0.15) is 0 Å². The highest BCUT2D eigenvalue weighted by molar-refractivity contribution is 6.47. The van der Waals surface area contributed by atoms with Gasteiger partial charge in [0.1, 0.15) is 18.3 Å². The summed E-state index contributed by atoms with van der Waals surface area (Å²) in [6, 6.07) is 0. The zero-order valence-electron chi connectivity index (χ0n) is 7.60. The number of carbonyl (C=O) groups excluding carboxylic acids is 3. The highest BCUT2D eigenvalue weighted by Gasteiger charge is 2.59. The van der Waals surface area contributed by atoms with E-state index in [1.165, 1.54) is 0 Å². The molecular formula is C7H7NO8. The Morgan fingerprint density at radius 2 is 1.56 bits per heavy atom. The molecular weight excluding hydrogens is 226 g/mol. The van der Waals surface area contributed by atoms with Gasteiger partial charge in [-0.1, -0.05) is 0 Å². The normalized spacial score (nSPS) is 40.8. The fourth-order valence-electron chi connectivity index (χ4n) is 1.19. The second-order valence-electron chi connectivity index (χ2n) is 3.20. The maximum atomic E-state index is 11.2. The molecule has 1 aliphatic carbocycles. The minimum absolute atomic E-state index is 1.77. The van der Waals surface area contributed by atoms with Crippen molar-refractivity contribution < 1.29 is 34.8 Å². The molecule has 4 atom stereocenters. The Morgan fingerprint density at radius 3 is 2.00 bits per heavy atom. The largest absolute Gasteiger partial charge is 0.387 e. The van der Waals surface area contributed by atoms with Gasteiger partial charge in [0.2, 0.25) is 11.6 Å². The average molecular weight is 233 g/mol. The van der Waals surface area contributed by atoms with Crippen LogP contribution >= 0.6 is 0 Å². The maximum Gasteiger partial charge on any atom is 0.326 e. The fraction of sp³-hybridized carbons (Fsp3) is 0.571. The van der Waals surface area contributed by atoms with Crippen LogP contribution in [-0.4, -0.2) is 61.8 Å². The number of rotatable bonds is 1. The molecule has 1 aliphatic rings. The zero-order valence-corrected chi connectivity index (χ0v) is 7.60. The average Bonchev–Trinajstić information content (AvgIpc) is 2.33. The van der Waals surface area contributed by atoms with Crippen molar-refractivity contribution in [2.45, 2.75) is 24.0 Å². The molecule has 88 valence electrons. The number of ketones is 3. The van der Waals surface area contributed by atoms with Crippen molar-refractivity contribution in [2.24, 2.45) is 5.18 Å². The summed E-state index contributed by atoms with van der Waals surface area (Å²) in [6.07, 6.45) is -7.17. The third-order valence-corrected chi connectivity index (χ3v) is 2.20. The Morgan fingerprint density at radius 1 is 1.06 bits per heavy atom. The van der Waals surface area contributed by atoms with E-state index >= 15 is 0 Å². The molecule has 4 N–H and O–H groups in total. The van der Waals surface area contributed by atoms with Gasteiger partial charge in [0.05, 0.1) is 0 Å². The van der Waals surface area contributed by atoms with Crippen molar-refractivity contribution in [3.8, 4) is 0 Å². The zero-order chi connectivity index (χ0) is 12.7. The molecule has 0 aromatic rings. The molecule has 0 aliphatic heterocycles. The van der Waals surface area contributed by atoms with Gasteiger partial charge in [0.15, 0.2) is 0 Å². The number of aliphatic hydroxyl groups excluding tert-OH is 3. The van der Waals surface area contributed by atoms with Gasteiger partial charge in [-0.2, -0.15) is 0 Å². The minimum atomic E-state index is -3.60. The summed E-state index contributed by atoms with van der Waals surface area (Å²) >= 11 is 0. The molecule has 1 saturated carbocycles. The van der Waals surface area contributed by atoms with E-state index in [0.29, 0.717) is 0 Å². The quantitative estimate of drug-likeness (QED) is 0.155. The molecule has 0 bridgehead atoms. The summed E-state index contributed by atoms with van der Waals surface area (Å²) in [4.78, 5) is 43.5. The highest BCUT2D eigenvalue weighted by atomic mass is 16.4. The van der Waals surface area contributed by atoms with E-state index in [-0.39, 0.29) is 0 Å². The molecule has 9 nitrogen and oxygen atoms in total. The molecule has 1 unspecified atom stereocenters. The Kier molecular flexibility index (Phi) is 2.97. The van der Waals surface area contributed by atoms with Crippen molar-refractivity contribution in [1.29, 1.82) is 0 Å². The predicted molar refractivity (Wildman–Crippen MR) is 43.8 cm³/mol. The highest BCUT2D eigenvalue weighted by Crippen LogP contribution is 2.21.